The third-order valence-electron chi connectivity index (χ3n) is 4.45. The van der Waals surface area contributed by atoms with Gasteiger partial charge in [-0.2, -0.15) is 0 Å². The van der Waals surface area contributed by atoms with Crippen LogP contribution in [0.3, 0.4) is 0 Å². The van der Waals surface area contributed by atoms with E-state index in [2.05, 4.69) is 4.74 Å². The molecule has 0 fully saturated rings. The van der Waals surface area contributed by atoms with E-state index in [0.29, 0.717) is 16.7 Å². The molecule has 0 aliphatic rings. The van der Waals surface area contributed by atoms with Crippen molar-refractivity contribution in [2.75, 3.05) is 0 Å². The lowest BCUT2D eigenvalue weighted by Crippen LogP contribution is -2.19. The molecule has 0 N–H and O–H groups in total. The zero-order valence-corrected chi connectivity index (χ0v) is 16.0. The van der Waals surface area contributed by atoms with Crippen molar-refractivity contribution in [3.8, 4) is 28.0 Å². The van der Waals surface area contributed by atoms with Crippen molar-refractivity contribution in [3.63, 3.8) is 0 Å². The maximum absolute atomic E-state index is 13.9. The maximum atomic E-state index is 13.9. The highest BCUT2D eigenvalue weighted by Crippen LogP contribution is 2.33. The quantitative estimate of drug-likeness (QED) is 0.363. The van der Waals surface area contributed by atoms with Crippen LogP contribution in [0.2, 0.25) is 0 Å². The largest absolute Gasteiger partial charge is 0.573 e. The van der Waals surface area contributed by atoms with Crippen molar-refractivity contribution in [1.82, 2.24) is 0 Å². The fraction of sp³-hybridized carbons (Fsp3) is 0.130. The van der Waals surface area contributed by atoms with E-state index in [-0.39, 0.29) is 17.5 Å². The Kier molecular flexibility index (Phi) is 6.38. The Bertz CT molecular complexity index is 1080. The summed E-state index contributed by atoms with van der Waals surface area (Å²) in [5.74, 6) is -6.26. The van der Waals surface area contributed by atoms with Crippen LogP contribution in [0.4, 0.5) is 30.7 Å². The van der Waals surface area contributed by atoms with Gasteiger partial charge in [-0.15, -0.1) is 13.2 Å². The summed E-state index contributed by atoms with van der Waals surface area (Å²) in [7, 11) is 0. The number of ether oxygens (including phenoxy) is 1. The first-order chi connectivity index (χ1) is 14.6. The summed E-state index contributed by atoms with van der Waals surface area (Å²) in [6, 6.07) is 13.8. The molecule has 0 saturated heterocycles. The van der Waals surface area contributed by atoms with Gasteiger partial charge in [0.15, 0.2) is 17.5 Å². The number of hydrogen-bond acceptors (Lipinski definition) is 1. The van der Waals surface area contributed by atoms with E-state index in [1.165, 1.54) is 31.2 Å². The van der Waals surface area contributed by atoms with Crippen LogP contribution in [-0.2, 0) is 0 Å². The lowest BCUT2D eigenvalue weighted by atomic mass is 9.99. The first kappa shape index (κ1) is 22.4. The summed E-state index contributed by atoms with van der Waals surface area (Å²) < 4.78 is 95.3. The van der Waals surface area contributed by atoms with Crippen LogP contribution in [0.5, 0.6) is 5.75 Å². The van der Waals surface area contributed by atoms with Crippen molar-refractivity contribution >= 4 is 5.83 Å². The molecule has 0 saturated carbocycles. The predicted molar refractivity (Wildman–Crippen MR) is 103 cm³/mol. The van der Waals surface area contributed by atoms with Crippen molar-refractivity contribution in [2.24, 2.45) is 0 Å². The molecule has 0 radical (unpaired) electrons. The van der Waals surface area contributed by atoms with Gasteiger partial charge in [0.25, 0.3) is 0 Å². The van der Waals surface area contributed by atoms with Gasteiger partial charge >= 0.3 is 6.36 Å². The summed E-state index contributed by atoms with van der Waals surface area (Å²) in [5, 5.41) is 0. The average molecular weight is 440 g/mol. The zero-order valence-electron chi connectivity index (χ0n) is 16.0. The molecule has 3 aromatic rings. The third kappa shape index (κ3) is 5.25. The summed E-state index contributed by atoms with van der Waals surface area (Å²) in [5.41, 5.74) is 1.86. The number of benzene rings is 3. The van der Waals surface area contributed by atoms with E-state index in [9.17, 15) is 30.7 Å². The smallest absolute Gasteiger partial charge is 0.399 e. The molecule has 0 heterocycles. The van der Waals surface area contributed by atoms with Crippen LogP contribution in [0.15, 0.2) is 66.5 Å². The van der Waals surface area contributed by atoms with Gasteiger partial charge in [-0.1, -0.05) is 55.5 Å². The topological polar surface area (TPSA) is 9.23 Å². The molecule has 0 aliphatic heterocycles. The highest BCUT2D eigenvalue weighted by Gasteiger charge is 2.34. The van der Waals surface area contributed by atoms with Crippen molar-refractivity contribution in [2.45, 2.75) is 19.7 Å². The van der Waals surface area contributed by atoms with Crippen molar-refractivity contribution in [3.05, 3.63) is 83.7 Å². The van der Waals surface area contributed by atoms with E-state index in [4.69, 9.17) is 0 Å². The number of hydrogen-bond donors (Lipinski definition) is 0. The molecule has 31 heavy (non-hydrogen) atoms. The second kappa shape index (κ2) is 8.83. The molecule has 0 aromatic heterocycles. The first-order valence-corrected chi connectivity index (χ1v) is 9.09. The van der Waals surface area contributed by atoms with Gasteiger partial charge in [0.05, 0.1) is 0 Å². The summed E-state index contributed by atoms with van der Waals surface area (Å²) >= 11 is 0. The van der Waals surface area contributed by atoms with Crippen LogP contribution in [-0.4, -0.2) is 6.36 Å². The zero-order chi connectivity index (χ0) is 22.8. The molecule has 162 valence electrons. The van der Waals surface area contributed by atoms with E-state index in [0.717, 1.165) is 12.1 Å². The molecule has 3 aromatic carbocycles. The van der Waals surface area contributed by atoms with Gasteiger partial charge in [-0.05, 0) is 40.8 Å². The summed E-state index contributed by atoms with van der Waals surface area (Å²) in [4.78, 5) is 0. The minimum Gasteiger partial charge on any atom is -0.399 e. The molecule has 0 atom stereocenters. The molecule has 0 unspecified atom stereocenters. The fourth-order valence-corrected chi connectivity index (χ4v) is 2.92. The lowest BCUT2D eigenvalue weighted by molar-refractivity contribution is -0.276. The standard InChI is InChI=1S/C23H15F7O/c1-2-18(24)21(27)16-9-7-14(8-10-16)13-3-5-15(6-4-13)17-11-19(25)22(20(26)12-17)31-23(28,29)30/h3-12H,2H2,1H3/b21-18+. The van der Waals surface area contributed by atoms with Gasteiger partial charge in [0, 0.05) is 5.56 Å². The Morgan fingerprint density at radius 3 is 1.58 bits per heavy atom. The van der Waals surface area contributed by atoms with Gasteiger partial charge in [0.2, 0.25) is 5.75 Å². The molecule has 8 heteroatoms. The van der Waals surface area contributed by atoms with Crippen LogP contribution in [0, 0.1) is 11.6 Å². The molecule has 0 amide bonds. The minimum absolute atomic E-state index is 0.0219. The fourth-order valence-electron chi connectivity index (χ4n) is 2.92. The highest BCUT2D eigenvalue weighted by molar-refractivity contribution is 5.72. The maximum Gasteiger partial charge on any atom is 0.573 e. The monoisotopic (exact) mass is 440 g/mol. The minimum atomic E-state index is -5.22. The Labute approximate surface area is 173 Å². The molecule has 1 nitrogen and oxygen atoms in total. The van der Waals surface area contributed by atoms with Crippen LogP contribution >= 0.6 is 0 Å². The second-order valence-corrected chi connectivity index (χ2v) is 6.54. The number of halogens is 7. The van der Waals surface area contributed by atoms with Crippen LogP contribution in [0.1, 0.15) is 18.9 Å². The Morgan fingerprint density at radius 2 is 1.16 bits per heavy atom. The number of alkyl halides is 3. The predicted octanol–water partition coefficient (Wildman–Crippen LogP) is 8.22. The third-order valence-corrected chi connectivity index (χ3v) is 4.45. The van der Waals surface area contributed by atoms with Gasteiger partial charge in [-0.25, -0.2) is 17.6 Å². The Hall–Kier alpha value is -3.29. The lowest BCUT2D eigenvalue weighted by Gasteiger charge is -2.12. The van der Waals surface area contributed by atoms with Crippen molar-refractivity contribution < 1.29 is 35.5 Å². The number of rotatable bonds is 5. The Balaban J connectivity index is 1.85. The molecule has 0 bridgehead atoms. The highest BCUT2D eigenvalue weighted by atomic mass is 19.4. The SMILES string of the molecule is CC/C(F)=C(\F)c1ccc(-c2ccc(-c3cc(F)c(OC(F)(F)F)c(F)c3)cc2)cc1. The average Bonchev–Trinajstić information content (AvgIpc) is 2.74. The van der Waals surface area contributed by atoms with E-state index < -0.39 is 35.4 Å². The molecule has 3 rings (SSSR count). The van der Waals surface area contributed by atoms with Gasteiger partial charge < -0.3 is 4.74 Å². The number of allylic oxidation sites excluding steroid dienone is 1. The van der Waals surface area contributed by atoms with E-state index >= 15 is 0 Å². The normalized spacial score (nSPS) is 12.5. The van der Waals surface area contributed by atoms with Crippen LogP contribution < -0.4 is 4.74 Å². The van der Waals surface area contributed by atoms with E-state index in [1.807, 2.05) is 0 Å². The summed E-state index contributed by atoms with van der Waals surface area (Å²) in [6.07, 6.45) is -5.28. The van der Waals surface area contributed by atoms with Crippen molar-refractivity contribution in [1.29, 1.82) is 0 Å². The molecular weight excluding hydrogens is 425 g/mol. The Morgan fingerprint density at radius 1 is 0.742 bits per heavy atom. The van der Waals surface area contributed by atoms with Gasteiger partial charge in [0.1, 0.15) is 5.83 Å². The molecule has 0 spiro atoms. The van der Waals surface area contributed by atoms with Gasteiger partial charge in [-0.3, -0.25) is 0 Å². The molecule has 0 aliphatic carbocycles. The van der Waals surface area contributed by atoms with Crippen LogP contribution in [0.25, 0.3) is 28.1 Å². The summed E-state index contributed by atoms with van der Waals surface area (Å²) in [6.45, 7) is 1.50. The molecular formula is C23H15F7O. The van der Waals surface area contributed by atoms with E-state index in [1.54, 1.807) is 24.3 Å². The first-order valence-electron chi connectivity index (χ1n) is 9.09. The second-order valence-electron chi connectivity index (χ2n) is 6.54.